The number of nitrogens with zero attached hydrogens (tertiary/aromatic N) is 4. The van der Waals surface area contributed by atoms with Crippen molar-refractivity contribution < 1.29 is 29.0 Å². The zero-order chi connectivity index (χ0) is 36.4. The quantitative estimate of drug-likeness (QED) is 0.146. The second-order valence-corrected chi connectivity index (χ2v) is 15.0. The van der Waals surface area contributed by atoms with Crippen molar-refractivity contribution in [2.75, 3.05) is 20.2 Å². The van der Waals surface area contributed by atoms with Gasteiger partial charge >= 0.3 is 12.2 Å². The maximum Gasteiger partial charge on any atom is 0.407 e. The number of methoxy groups -OCH3 is 1. The Bertz CT molecular complexity index is 2230. The number of hydrogen-bond donors (Lipinski definition) is 4. The number of aromatic nitrogens is 4. The topological polar surface area (TPSA) is 166 Å². The molecule has 4 N–H and O–H groups in total. The molecule has 0 unspecified atom stereocenters. The molecule has 2 aromatic heterocycles. The summed E-state index contributed by atoms with van der Waals surface area (Å²) in [5, 5.41) is 14.4. The monoisotopic (exact) mass is 705 g/mol. The van der Waals surface area contributed by atoms with Crippen molar-refractivity contribution in [3.63, 3.8) is 0 Å². The van der Waals surface area contributed by atoms with Crippen LogP contribution in [0.25, 0.3) is 44.2 Å². The Morgan fingerprint density at radius 2 is 1.71 bits per heavy atom. The highest BCUT2D eigenvalue weighted by Crippen LogP contribution is 2.44. The molecule has 3 amide bonds. The number of hydrogen-bond acceptors (Lipinski definition) is 7. The van der Waals surface area contributed by atoms with E-state index < -0.39 is 18.2 Å². The van der Waals surface area contributed by atoms with Crippen molar-refractivity contribution in [3.05, 3.63) is 65.9 Å². The first-order valence-electron chi connectivity index (χ1n) is 17.9. The molecule has 0 aliphatic carbocycles. The van der Waals surface area contributed by atoms with Gasteiger partial charge in [0.1, 0.15) is 30.0 Å². The lowest BCUT2D eigenvalue weighted by atomic mass is 9.92. The Morgan fingerprint density at radius 3 is 2.44 bits per heavy atom. The molecule has 8 rings (SSSR count). The van der Waals surface area contributed by atoms with Crippen molar-refractivity contribution in [2.45, 2.75) is 65.3 Å². The smallest absolute Gasteiger partial charge is 0.407 e. The summed E-state index contributed by atoms with van der Waals surface area (Å²) in [6.07, 6.45) is 1.71. The van der Waals surface area contributed by atoms with E-state index in [0.29, 0.717) is 25.5 Å². The summed E-state index contributed by atoms with van der Waals surface area (Å²) < 4.78 is 11.2. The average Bonchev–Trinajstić information content (AvgIpc) is 3.94. The molecule has 13 heteroatoms. The number of carboxylic acid groups (broad SMARTS) is 1. The summed E-state index contributed by atoms with van der Waals surface area (Å²) in [7, 11) is 1.29. The van der Waals surface area contributed by atoms with E-state index >= 15 is 0 Å². The van der Waals surface area contributed by atoms with E-state index in [0.717, 1.165) is 74.2 Å². The standard InChI is InChI=1S/C39H43N7O6/c1-19(2)33(44-38(48)51-5)37(47)45-16-20(3)11-31(45)36-41-28-9-7-22-13-27-25-8-6-23(12-24(25)18-52-32(27)14-26(22)34(28)43-36)29-15-40-35(42-29)30-10-21(4)17-46(30)39(49)50/h6-9,12-15,19-21,30-31,33H,10-11,16-18H2,1-5H3,(H,40,42)(H,41,43)(H,44,48)(H,49,50)/t20-,21-,30-,31-,33-/m0/s1. The maximum absolute atomic E-state index is 13.8. The zero-order valence-corrected chi connectivity index (χ0v) is 29.9. The second-order valence-electron chi connectivity index (χ2n) is 15.0. The summed E-state index contributed by atoms with van der Waals surface area (Å²) in [5.41, 5.74) is 6.62. The van der Waals surface area contributed by atoms with E-state index in [-0.39, 0.29) is 35.7 Å². The number of carbonyl (C=O) groups is 3. The van der Waals surface area contributed by atoms with Gasteiger partial charge in [0.2, 0.25) is 5.91 Å². The Hall–Kier alpha value is -5.59. The molecule has 52 heavy (non-hydrogen) atoms. The lowest BCUT2D eigenvalue weighted by Crippen LogP contribution is -2.51. The van der Waals surface area contributed by atoms with E-state index in [1.165, 1.54) is 12.0 Å². The largest absolute Gasteiger partial charge is 0.488 e. The molecular formula is C39H43N7O6. The Morgan fingerprint density at radius 1 is 0.962 bits per heavy atom. The molecule has 270 valence electrons. The van der Waals surface area contributed by atoms with E-state index in [4.69, 9.17) is 14.5 Å². The SMILES string of the molecule is COC(=O)N[C@H](C(=O)N1C[C@@H](C)C[C@H]1c1nc2ccc3cc4c(cc3c2[nH]1)OCc1cc(-c2cnc([C@@H]3C[C@H](C)CN3C(=O)O)[nH]2)ccc1-4)C(C)C. The molecule has 3 aliphatic rings. The molecule has 13 nitrogen and oxygen atoms in total. The van der Waals surface area contributed by atoms with Crippen molar-refractivity contribution >= 4 is 39.9 Å². The van der Waals surface area contributed by atoms with Crippen molar-refractivity contribution in [1.29, 1.82) is 0 Å². The van der Waals surface area contributed by atoms with Crippen LogP contribution in [0.5, 0.6) is 5.75 Å². The number of likely N-dealkylation sites (tertiary alicyclic amines) is 2. The molecular weight excluding hydrogens is 662 g/mol. The Labute approximate surface area is 300 Å². The number of alkyl carbamates (subject to hydrolysis) is 1. The predicted molar refractivity (Wildman–Crippen MR) is 195 cm³/mol. The lowest BCUT2D eigenvalue weighted by molar-refractivity contribution is -0.135. The highest BCUT2D eigenvalue weighted by Gasteiger charge is 2.40. The number of ether oxygens (including phenoxy) is 2. The fraction of sp³-hybridized carbons (Fsp3) is 0.410. The number of amides is 3. The molecule has 5 aromatic rings. The van der Waals surface area contributed by atoms with Crippen molar-refractivity contribution in [3.8, 4) is 28.1 Å². The van der Waals surface area contributed by atoms with Gasteiger partial charge in [-0.2, -0.15) is 0 Å². The van der Waals surface area contributed by atoms with Gasteiger partial charge in [0.15, 0.2) is 0 Å². The molecule has 5 atom stereocenters. The molecule has 0 spiro atoms. The highest BCUT2D eigenvalue weighted by atomic mass is 16.5. The minimum Gasteiger partial charge on any atom is -0.488 e. The highest BCUT2D eigenvalue weighted by molar-refractivity contribution is 6.07. The third kappa shape index (κ3) is 5.77. The lowest BCUT2D eigenvalue weighted by Gasteiger charge is -2.30. The number of aromatic amines is 2. The van der Waals surface area contributed by atoms with E-state index in [1.54, 1.807) is 6.20 Å². The van der Waals surface area contributed by atoms with Crippen LogP contribution in [0.15, 0.2) is 48.7 Å². The summed E-state index contributed by atoms with van der Waals surface area (Å²) in [6, 6.07) is 13.3. The first-order chi connectivity index (χ1) is 25.0. The number of carbonyl (C=O) groups excluding carboxylic acids is 2. The maximum atomic E-state index is 13.8. The first-order valence-corrected chi connectivity index (χ1v) is 17.9. The summed E-state index contributed by atoms with van der Waals surface area (Å²) >= 11 is 0. The third-order valence-corrected chi connectivity index (χ3v) is 10.8. The van der Waals surface area contributed by atoms with Gasteiger partial charge < -0.3 is 34.8 Å². The molecule has 2 saturated heterocycles. The molecule has 0 bridgehead atoms. The Balaban J connectivity index is 1.08. The Kier molecular flexibility index (Phi) is 8.31. The van der Waals surface area contributed by atoms with Crippen LogP contribution >= 0.6 is 0 Å². The number of benzene rings is 3. The van der Waals surface area contributed by atoms with Crippen LogP contribution in [-0.2, 0) is 16.1 Å². The summed E-state index contributed by atoms with van der Waals surface area (Å²) in [5.74, 6) is 2.43. The van der Waals surface area contributed by atoms with E-state index in [2.05, 4.69) is 70.5 Å². The number of rotatable bonds is 6. The third-order valence-electron chi connectivity index (χ3n) is 10.8. The van der Waals surface area contributed by atoms with Crippen LogP contribution in [0, 0.1) is 17.8 Å². The van der Waals surface area contributed by atoms with Crippen LogP contribution < -0.4 is 10.1 Å². The van der Waals surface area contributed by atoms with E-state index in [9.17, 15) is 19.5 Å². The fourth-order valence-corrected chi connectivity index (χ4v) is 8.23. The zero-order valence-electron chi connectivity index (χ0n) is 29.9. The van der Waals surface area contributed by atoms with Crippen LogP contribution in [0.1, 0.15) is 69.8 Å². The van der Waals surface area contributed by atoms with Gasteiger partial charge in [-0.3, -0.25) is 9.69 Å². The van der Waals surface area contributed by atoms with Gasteiger partial charge in [0.05, 0.1) is 42.1 Å². The number of fused-ring (bicyclic) bond motifs is 6. The minimum absolute atomic E-state index is 0.124. The number of H-pyrrole nitrogens is 2. The van der Waals surface area contributed by atoms with Crippen molar-refractivity contribution in [2.24, 2.45) is 17.8 Å². The molecule has 3 aliphatic heterocycles. The van der Waals surface area contributed by atoms with Crippen LogP contribution in [0.4, 0.5) is 9.59 Å². The van der Waals surface area contributed by atoms with Gasteiger partial charge in [-0.05, 0) is 76.9 Å². The summed E-state index contributed by atoms with van der Waals surface area (Å²) in [6.45, 7) is 9.47. The van der Waals surface area contributed by atoms with Gasteiger partial charge in [0.25, 0.3) is 0 Å². The predicted octanol–water partition coefficient (Wildman–Crippen LogP) is 7.02. The minimum atomic E-state index is -0.925. The molecule has 0 radical (unpaired) electrons. The van der Waals surface area contributed by atoms with Gasteiger partial charge in [-0.15, -0.1) is 0 Å². The van der Waals surface area contributed by atoms with Crippen molar-refractivity contribution in [1.82, 2.24) is 35.1 Å². The number of imidazole rings is 2. The molecule has 5 heterocycles. The van der Waals surface area contributed by atoms with Gasteiger partial charge in [-0.25, -0.2) is 19.6 Å². The van der Waals surface area contributed by atoms with Crippen LogP contribution in [-0.4, -0.2) is 79.2 Å². The van der Waals surface area contributed by atoms with Crippen LogP contribution in [0.3, 0.4) is 0 Å². The fourth-order valence-electron chi connectivity index (χ4n) is 8.23. The number of nitrogens with one attached hydrogen (secondary N) is 3. The normalized spacial score (nSPS) is 21.7. The van der Waals surface area contributed by atoms with Crippen LogP contribution in [0.2, 0.25) is 0 Å². The van der Waals surface area contributed by atoms with E-state index in [1.807, 2.05) is 24.8 Å². The molecule has 0 saturated carbocycles. The van der Waals surface area contributed by atoms with Gasteiger partial charge in [0, 0.05) is 24.0 Å². The first kappa shape index (κ1) is 33.5. The molecule has 2 fully saturated rings. The summed E-state index contributed by atoms with van der Waals surface area (Å²) in [4.78, 5) is 57.6. The average molecular weight is 706 g/mol. The van der Waals surface area contributed by atoms with Gasteiger partial charge in [-0.1, -0.05) is 45.9 Å². The second kappa shape index (κ2) is 12.9. The molecule has 3 aromatic carbocycles.